The van der Waals surface area contributed by atoms with E-state index in [1.807, 2.05) is 25.4 Å². The molecule has 0 saturated carbocycles. The van der Waals surface area contributed by atoms with Crippen molar-refractivity contribution in [1.82, 2.24) is 24.7 Å². The van der Waals surface area contributed by atoms with Crippen molar-refractivity contribution in [3.8, 4) is 21.3 Å². The molecule has 1 N–H and O–H groups in total. The number of fused-ring (bicyclic) bond motifs is 1. The Kier molecular flexibility index (Phi) is 2.65. The average molecular weight is 295 g/mol. The third kappa shape index (κ3) is 1.95. The van der Waals surface area contributed by atoms with Gasteiger partial charge in [-0.3, -0.25) is 0 Å². The molecule has 0 fully saturated rings. The van der Waals surface area contributed by atoms with Gasteiger partial charge in [0.1, 0.15) is 10.5 Å². The number of imidazole rings is 1. The number of rotatable bonds is 2. The Morgan fingerprint density at radius 3 is 2.86 bits per heavy atom. The molecule has 0 aliphatic heterocycles. The van der Waals surface area contributed by atoms with E-state index >= 15 is 0 Å². The maximum atomic E-state index is 4.59. The third-order valence-corrected chi connectivity index (χ3v) is 4.53. The maximum Gasteiger partial charge on any atom is 0.176 e. The summed E-state index contributed by atoms with van der Waals surface area (Å²) < 4.78 is 1.76. The minimum Gasteiger partial charge on any atom is -0.335 e. The zero-order valence-electron chi connectivity index (χ0n) is 11.7. The van der Waals surface area contributed by atoms with Crippen LogP contribution in [0.1, 0.15) is 5.56 Å². The molecule has 0 atom stereocenters. The van der Waals surface area contributed by atoms with Gasteiger partial charge in [0.15, 0.2) is 11.5 Å². The lowest BCUT2D eigenvalue weighted by Gasteiger charge is -1.99. The molecule has 3 heterocycles. The summed E-state index contributed by atoms with van der Waals surface area (Å²) in [4.78, 5) is 13.4. The molecule has 0 bridgehead atoms. The Balaban J connectivity index is 1.78. The summed E-state index contributed by atoms with van der Waals surface area (Å²) in [6.07, 6.45) is 3.66. The molecule has 0 aliphatic rings. The van der Waals surface area contributed by atoms with Crippen molar-refractivity contribution in [1.29, 1.82) is 0 Å². The van der Waals surface area contributed by atoms with Crippen LogP contribution >= 0.6 is 11.3 Å². The van der Waals surface area contributed by atoms with Crippen LogP contribution in [0.25, 0.3) is 32.4 Å². The lowest BCUT2D eigenvalue weighted by molar-refractivity contribution is 0.787. The van der Waals surface area contributed by atoms with Crippen LogP contribution in [0, 0.1) is 6.92 Å². The molecule has 3 aromatic heterocycles. The summed E-state index contributed by atoms with van der Waals surface area (Å²) in [7, 11) is 1.89. The number of nitrogens with zero attached hydrogens (tertiary/aromatic N) is 4. The third-order valence-electron chi connectivity index (χ3n) is 3.49. The van der Waals surface area contributed by atoms with Gasteiger partial charge < -0.3 is 4.98 Å². The molecule has 5 nitrogen and oxygen atoms in total. The molecule has 4 aromatic rings. The minimum absolute atomic E-state index is 0.843. The van der Waals surface area contributed by atoms with E-state index in [1.54, 1.807) is 22.2 Å². The van der Waals surface area contributed by atoms with E-state index in [1.165, 1.54) is 11.1 Å². The number of aromatic amines is 1. The predicted octanol–water partition coefficient (Wildman–Crippen LogP) is 3.40. The van der Waals surface area contributed by atoms with Gasteiger partial charge in [0.25, 0.3) is 0 Å². The predicted molar refractivity (Wildman–Crippen MR) is 84.1 cm³/mol. The summed E-state index contributed by atoms with van der Waals surface area (Å²) in [5.41, 5.74) is 4.20. The van der Waals surface area contributed by atoms with Gasteiger partial charge in [-0.2, -0.15) is 5.10 Å². The molecular weight excluding hydrogens is 282 g/mol. The van der Waals surface area contributed by atoms with Crippen molar-refractivity contribution >= 4 is 22.5 Å². The Morgan fingerprint density at radius 2 is 2.05 bits per heavy atom. The zero-order valence-corrected chi connectivity index (χ0v) is 12.5. The number of benzene rings is 1. The van der Waals surface area contributed by atoms with E-state index in [0.717, 1.165) is 26.9 Å². The maximum absolute atomic E-state index is 4.59. The highest BCUT2D eigenvalue weighted by Gasteiger charge is 2.13. The molecule has 6 heteroatoms. The normalized spacial score (nSPS) is 11.3. The van der Waals surface area contributed by atoms with Crippen molar-refractivity contribution in [2.45, 2.75) is 6.92 Å². The number of nitrogens with one attached hydrogen (secondary N) is 1. The molecule has 1 aromatic carbocycles. The number of hydrogen-bond acceptors (Lipinski definition) is 4. The Hall–Kier alpha value is -2.47. The summed E-state index contributed by atoms with van der Waals surface area (Å²) in [6.45, 7) is 2.10. The lowest BCUT2D eigenvalue weighted by Crippen LogP contribution is -1.89. The fourth-order valence-electron chi connectivity index (χ4n) is 2.35. The molecule has 21 heavy (non-hydrogen) atoms. The lowest BCUT2D eigenvalue weighted by atomic mass is 10.1. The van der Waals surface area contributed by atoms with Crippen LogP contribution in [0.2, 0.25) is 0 Å². The highest BCUT2D eigenvalue weighted by molar-refractivity contribution is 7.18. The Bertz CT molecular complexity index is 931. The summed E-state index contributed by atoms with van der Waals surface area (Å²) in [5, 5.41) is 5.18. The smallest absolute Gasteiger partial charge is 0.176 e. The van der Waals surface area contributed by atoms with Gasteiger partial charge in [0.2, 0.25) is 0 Å². The molecule has 0 amide bonds. The summed E-state index contributed by atoms with van der Waals surface area (Å²) in [6, 6.07) is 8.28. The Morgan fingerprint density at radius 1 is 1.19 bits per heavy atom. The molecule has 0 saturated heterocycles. The van der Waals surface area contributed by atoms with Gasteiger partial charge in [-0.25, -0.2) is 14.6 Å². The second kappa shape index (κ2) is 4.53. The highest BCUT2D eigenvalue weighted by Crippen LogP contribution is 2.32. The van der Waals surface area contributed by atoms with E-state index in [2.05, 4.69) is 39.1 Å². The van der Waals surface area contributed by atoms with Crippen molar-refractivity contribution in [3.63, 3.8) is 0 Å². The second-order valence-electron chi connectivity index (χ2n) is 4.94. The molecule has 4 rings (SSSR count). The quantitative estimate of drug-likeness (QED) is 0.616. The van der Waals surface area contributed by atoms with Crippen LogP contribution in [0.3, 0.4) is 0 Å². The van der Waals surface area contributed by atoms with Crippen LogP contribution in [0.15, 0.2) is 36.7 Å². The van der Waals surface area contributed by atoms with E-state index in [9.17, 15) is 0 Å². The summed E-state index contributed by atoms with van der Waals surface area (Å²) >= 11 is 1.64. The zero-order chi connectivity index (χ0) is 14.4. The van der Waals surface area contributed by atoms with E-state index in [0.29, 0.717) is 0 Å². The number of thiazole rings is 1. The van der Waals surface area contributed by atoms with Crippen LogP contribution in [0.5, 0.6) is 0 Å². The first-order chi connectivity index (χ1) is 10.2. The number of aromatic nitrogens is 5. The van der Waals surface area contributed by atoms with Crippen LogP contribution in [-0.4, -0.2) is 24.7 Å². The second-order valence-corrected chi connectivity index (χ2v) is 5.97. The van der Waals surface area contributed by atoms with Gasteiger partial charge in [-0.1, -0.05) is 24.3 Å². The van der Waals surface area contributed by atoms with Gasteiger partial charge >= 0.3 is 0 Å². The first kappa shape index (κ1) is 12.3. The number of aryl methyl sites for hydroxylation is 2. The van der Waals surface area contributed by atoms with Gasteiger partial charge in [0.05, 0.1) is 11.1 Å². The minimum atomic E-state index is 0.843. The van der Waals surface area contributed by atoms with Crippen molar-refractivity contribution in [2.24, 2.45) is 7.05 Å². The summed E-state index contributed by atoms with van der Waals surface area (Å²) in [5.74, 6) is 0.843. The first-order valence-corrected chi connectivity index (χ1v) is 7.44. The molecule has 0 aliphatic carbocycles. The van der Waals surface area contributed by atoms with Gasteiger partial charge in [-0.05, 0) is 12.5 Å². The van der Waals surface area contributed by atoms with Crippen molar-refractivity contribution in [3.05, 3.63) is 42.2 Å². The standard InChI is InChI=1S/C15H13N5S/c1-9-5-3-4-6-10(9)15-16-8-12(21-15)13-18-11-7-17-20(2)14(11)19-13/h3-8H,1-2H3,(H,18,19). The highest BCUT2D eigenvalue weighted by atomic mass is 32.1. The monoisotopic (exact) mass is 295 g/mol. The van der Waals surface area contributed by atoms with Crippen LogP contribution in [0.4, 0.5) is 0 Å². The molecular formula is C15H13N5S. The fraction of sp³-hybridized carbons (Fsp3) is 0.133. The number of hydrogen-bond donors (Lipinski definition) is 1. The van der Waals surface area contributed by atoms with E-state index in [-0.39, 0.29) is 0 Å². The molecule has 104 valence electrons. The van der Waals surface area contributed by atoms with Gasteiger partial charge in [0, 0.05) is 18.8 Å². The average Bonchev–Trinajstić information content (AvgIpc) is 3.17. The first-order valence-electron chi connectivity index (χ1n) is 6.62. The van der Waals surface area contributed by atoms with Gasteiger partial charge in [-0.15, -0.1) is 11.3 Å². The van der Waals surface area contributed by atoms with E-state index in [4.69, 9.17) is 0 Å². The fourth-order valence-corrected chi connectivity index (χ4v) is 3.30. The van der Waals surface area contributed by atoms with Crippen LogP contribution < -0.4 is 0 Å². The van der Waals surface area contributed by atoms with Crippen molar-refractivity contribution in [2.75, 3.05) is 0 Å². The SMILES string of the molecule is Cc1ccccc1-c1ncc(-c2nc3c(cnn3C)[nH]2)s1. The van der Waals surface area contributed by atoms with E-state index < -0.39 is 0 Å². The Labute approximate surface area is 125 Å². The van der Waals surface area contributed by atoms with Crippen molar-refractivity contribution < 1.29 is 0 Å². The molecule has 0 spiro atoms. The largest absolute Gasteiger partial charge is 0.335 e. The topological polar surface area (TPSA) is 59.4 Å². The van der Waals surface area contributed by atoms with Crippen LogP contribution in [-0.2, 0) is 7.05 Å². The number of H-pyrrole nitrogens is 1. The molecule has 0 unspecified atom stereocenters. The molecule has 0 radical (unpaired) electrons.